The predicted molar refractivity (Wildman–Crippen MR) is 102 cm³/mol. The molecule has 0 aliphatic carbocycles. The Hall–Kier alpha value is -2.78. The van der Waals surface area contributed by atoms with Gasteiger partial charge in [0.05, 0.1) is 7.11 Å². The summed E-state index contributed by atoms with van der Waals surface area (Å²) < 4.78 is 10.4. The fraction of sp³-hybridized carbons (Fsp3) is 0.0952. The van der Waals surface area contributed by atoms with E-state index in [0.29, 0.717) is 11.5 Å². The smallest absolute Gasteiger partial charge is 0.326 e. The van der Waals surface area contributed by atoms with E-state index in [1.165, 1.54) is 17.9 Å². The molecule has 0 saturated heterocycles. The number of carbonyl (C=O) groups excluding carboxylic acids is 1. The first-order chi connectivity index (χ1) is 12.2. The van der Waals surface area contributed by atoms with Crippen molar-refractivity contribution in [1.82, 2.24) is 0 Å². The van der Waals surface area contributed by atoms with E-state index < -0.39 is 5.97 Å². The largest absolute Gasteiger partial charge is 0.493 e. The van der Waals surface area contributed by atoms with Crippen LogP contribution < -0.4 is 9.47 Å². The first kappa shape index (κ1) is 17.1. The van der Waals surface area contributed by atoms with Crippen LogP contribution in [0.2, 0.25) is 0 Å². The van der Waals surface area contributed by atoms with E-state index >= 15 is 0 Å². The molecular formula is C21H17ClO3. The molecule has 25 heavy (non-hydrogen) atoms. The van der Waals surface area contributed by atoms with Crippen LogP contribution in [0.15, 0.2) is 60.7 Å². The summed E-state index contributed by atoms with van der Waals surface area (Å²) in [6.45, 7) is 0. The lowest BCUT2D eigenvalue weighted by molar-refractivity contribution is -0.131. The standard InChI is InChI=1S/C21H17ClO3/c1-24-20-13-15(10-12-19(20)25-21(23)14-22)9-11-17-7-4-6-16-5-2-3-8-18(16)17/h2-13H,14H2,1H3/b11-9+. The number of esters is 1. The van der Waals surface area contributed by atoms with Crippen LogP contribution in [0.5, 0.6) is 11.5 Å². The monoisotopic (exact) mass is 352 g/mol. The summed E-state index contributed by atoms with van der Waals surface area (Å²) in [5, 5.41) is 2.39. The maximum Gasteiger partial charge on any atom is 0.326 e. The minimum atomic E-state index is -0.515. The number of carbonyl (C=O) groups is 1. The SMILES string of the molecule is COc1cc(/C=C/c2cccc3ccccc23)ccc1OC(=O)CCl. The van der Waals surface area contributed by atoms with E-state index in [4.69, 9.17) is 21.1 Å². The third kappa shape index (κ3) is 4.01. The molecule has 0 fully saturated rings. The molecule has 126 valence electrons. The van der Waals surface area contributed by atoms with Crippen LogP contribution in [0.25, 0.3) is 22.9 Å². The zero-order chi connectivity index (χ0) is 17.6. The van der Waals surface area contributed by atoms with Crippen LogP contribution in [0.4, 0.5) is 0 Å². The number of rotatable bonds is 5. The van der Waals surface area contributed by atoms with Gasteiger partial charge in [0.2, 0.25) is 0 Å². The van der Waals surface area contributed by atoms with Crippen molar-refractivity contribution in [2.45, 2.75) is 0 Å². The van der Waals surface area contributed by atoms with Gasteiger partial charge in [-0.1, -0.05) is 60.7 Å². The molecule has 3 aromatic rings. The number of hydrogen-bond donors (Lipinski definition) is 0. The Morgan fingerprint density at radius 2 is 1.80 bits per heavy atom. The zero-order valence-electron chi connectivity index (χ0n) is 13.7. The van der Waals surface area contributed by atoms with Crippen LogP contribution in [-0.2, 0) is 4.79 Å². The Balaban J connectivity index is 1.89. The molecule has 0 aliphatic rings. The third-order valence-corrected chi connectivity index (χ3v) is 4.02. The van der Waals surface area contributed by atoms with E-state index in [1.54, 1.807) is 6.07 Å². The van der Waals surface area contributed by atoms with Gasteiger partial charge in [0.15, 0.2) is 11.5 Å². The average molecular weight is 353 g/mol. The topological polar surface area (TPSA) is 35.5 Å². The second-order valence-corrected chi connectivity index (χ2v) is 5.69. The maximum atomic E-state index is 11.3. The van der Waals surface area contributed by atoms with Gasteiger partial charge < -0.3 is 9.47 Å². The summed E-state index contributed by atoms with van der Waals surface area (Å²) in [6.07, 6.45) is 4.05. The molecule has 0 atom stereocenters. The molecule has 3 rings (SSSR count). The summed E-state index contributed by atoms with van der Waals surface area (Å²) in [5.74, 6) is 0.124. The molecule has 0 N–H and O–H groups in total. The molecule has 0 spiro atoms. The number of halogens is 1. The van der Waals surface area contributed by atoms with E-state index in [1.807, 2.05) is 36.4 Å². The first-order valence-corrected chi connectivity index (χ1v) is 8.35. The minimum Gasteiger partial charge on any atom is -0.493 e. The summed E-state index contributed by atoms with van der Waals surface area (Å²) in [7, 11) is 1.53. The number of hydrogen-bond acceptors (Lipinski definition) is 3. The highest BCUT2D eigenvalue weighted by Crippen LogP contribution is 2.29. The number of alkyl halides is 1. The molecule has 0 saturated carbocycles. The molecule has 0 aromatic heterocycles. The van der Waals surface area contributed by atoms with Crippen molar-refractivity contribution in [2.75, 3.05) is 13.0 Å². The second-order valence-electron chi connectivity index (χ2n) is 5.42. The lowest BCUT2D eigenvalue weighted by Crippen LogP contribution is -2.09. The van der Waals surface area contributed by atoms with Crippen molar-refractivity contribution in [3.63, 3.8) is 0 Å². The highest BCUT2D eigenvalue weighted by atomic mass is 35.5. The number of ether oxygens (including phenoxy) is 2. The van der Waals surface area contributed by atoms with Crippen LogP contribution in [0, 0.1) is 0 Å². The molecule has 0 bridgehead atoms. The molecule has 4 heteroatoms. The van der Waals surface area contributed by atoms with Gasteiger partial charge in [0.25, 0.3) is 0 Å². The summed E-state index contributed by atoms with van der Waals surface area (Å²) in [6, 6.07) is 19.8. The molecule has 0 radical (unpaired) electrons. The van der Waals surface area contributed by atoms with Gasteiger partial charge >= 0.3 is 5.97 Å². The van der Waals surface area contributed by atoms with Crippen LogP contribution in [-0.4, -0.2) is 19.0 Å². The van der Waals surface area contributed by atoms with E-state index in [2.05, 4.69) is 30.3 Å². The van der Waals surface area contributed by atoms with Crippen molar-refractivity contribution in [2.24, 2.45) is 0 Å². The van der Waals surface area contributed by atoms with Gasteiger partial charge in [-0.05, 0) is 34.0 Å². The zero-order valence-corrected chi connectivity index (χ0v) is 14.5. The fourth-order valence-corrected chi connectivity index (χ4v) is 2.66. The van der Waals surface area contributed by atoms with Crippen LogP contribution >= 0.6 is 11.6 Å². The lowest BCUT2D eigenvalue weighted by atomic mass is 10.0. The maximum absolute atomic E-state index is 11.3. The van der Waals surface area contributed by atoms with Gasteiger partial charge in [0, 0.05) is 0 Å². The highest BCUT2D eigenvalue weighted by Gasteiger charge is 2.09. The van der Waals surface area contributed by atoms with Crippen LogP contribution in [0.1, 0.15) is 11.1 Å². The Labute approximate surface area is 151 Å². The fourth-order valence-electron chi connectivity index (χ4n) is 2.60. The van der Waals surface area contributed by atoms with Crippen molar-refractivity contribution in [3.8, 4) is 11.5 Å². The van der Waals surface area contributed by atoms with Gasteiger partial charge in [-0.2, -0.15) is 0 Å². The first-order valence-electron chi connectivity index (χ1n) is 7.82. The normalized spacial score (nSPS) is 11.0. The van der Waals surface area contributed by atoms with E-state index in [-0.39, 0.29) is 5.88 Å². The van der Waals surface area contributed by atoms with E-state index in [9.17, 15) is 4.79 Å². The third-order valence-electron chi connectivity index (χ3n) is 3.80. The number of benzene rings is 3. The molecule has 0 heterocycles. The average Bonchev–Trinajstić information content (AvgIpc) is 2.66. The lowest BCUT2D eigenvalue weighted by Gasteiger charge is -2.09. The van der Waals surface area contributed by atoms with Crippen molar-refractivity contribution < 1.29 is 14.3 Å². The minimum absolute atomic E-state index is 0.202. The number of methoxy groups -OCH3 is 1. The highest BCUT2D eigenvalue weighted by molar-refractivity contribution is 6.26. The summed E-state index contributed by atoms with van der Waals surface area (Å²) in [5.41, 5.74) is 2.07. The Kier molecular flexibility index (Phi) is 5.36. The van der Waals surface area contributed by atoms with Gasteiger partial charge in [-0.25, -0.2) is 0 Å². The van der Waals surface area contributed by atoms with Gasteiger partial charge in [0.1, 0.15) is 5.88 Å². The van der Waals surface area contributed by atoms with Crippen molar-refractivity contribution >= 4 is 40.5 Å². The molecule has 3 nitrogen and oxygen atoms in total. The Bertz CT molecular complexity index is 926. The molecule has 3 aromatic carbocycles. The van der Waals surface area contributed by atoms with E-state index in [0.717, 1.165) is 11.1 Å². The molecule has 0 aliphatic heterocycles. The molecule has 0 amide bonds. The number of fused-ring (bicyclic) bond motifs is 1. The van der Waals surface area contributed by atoms with Crippen molar-refractivity contribution in [1.29, 1.82) is 0 Å². The van der Waals surface area contributed by atoms with Crippen molar-refractivity contribution in [3.05, 3.63) is 71.8 Å². The predicted octanol–water partition coefficient (Wildman–Crippen LogP) is 5.16. The Morgan fingerprint density at radius 1 is 1.00 bits per heavy atom. The summed E-state index contributed by atoms with van der Waals surface area (Å²) >= 11 is 5.47. The molecule has 0 unspecified atom stereocenters. The summed E-state index contributed by atoms with van der Waals surface area (Å²) in [4.78, 5) is 11.3. The Morgan fingerprint density at radius 3 is 2.60 bits per heavy atom. The quantitative estimate of drug-likeness (QED) is 0.275. The van der Waals surface area contributed by atoms with Crippen LogP contribution in [0.3, 0.4) is 0 Å². The van der Waals surface area contributed by atoms with Gasteiger partial charge in [-0.3, -0.25) is 4.79 Å². The van der Waals surface area contributed by atoms with Gasteiger partial charge in [-0.15, -0.1) is 11.6 Å². The second kappa shape index (κ2) is 7.86. The molecular weight excluding hydrogens is 336 g/mol.